The molecule has 3 aliphatic rings. The Morgan fingerprint density at radius 1 is 1.05 bits per heavy atom. The maximum Gasteiger partial charge on any atom is 0.315 e. The fourth-order valence-corrected chi connectivity index (χ4v) is 7.39. The third kappa shape index (κ3) is 6.30. The van der Waals surface area contributed by atoms with Gasteiger partial charge in [-0.15, -0.1) is 6.58 Å². The molecule has 43 heavy (non-hydrogen) atoms. The molecule has 236 valence electrons. The smallest absolute Gasteiger partial charge is 0.315 e. The van der Waals surface area contributed by atoms with Crippen molar-refractivity contribution in [1.29, 1.82) is 0 Å². The van der Waals surface area contributed by atoms with Crippen molar-refractivity contribution in [2.45, 2.75) is 89.9 Å². The summed E-state index contributed by atoms with van der Waals surface area (Å²) in [4.78, 5) is 55.9. The third-order valence-corrected chi connectivity index (χ3v) is 10.3. The van der Waals surface area contributed by atoms with Crippen LogP contribution in [-0.4, -0.2) is 66.8 Å². The second-order valence-electron chi connectivity index (χ2n) is 14.8. The van der Waals surface area contributed by atoms with Gasteiger partial charge in [0.2, 0.25) is 11.8 Å². The van der Waals surface area contributed by atoms with Crippen molar-refractivity contribution >= 4 is 33.8 Å². The highest BCUT2D eigenvalue weighted by molar-refractivity contribution is 7.90. The molecule has 2 aliphatic carbocycles. The van der Waals surface area contributed by atoms with Gasteiger partial charge in [-0.1, -0.05) is 58.9 Å². The Morgan fingerprint density at radius 3 is 2.16 bits per heavy atom. The molecule has 2 saturated carbocycles. The van der Waals surface area contributed by atoms with E-state index < -0.39 is 62.4 Å². The van der Waals surface area contributed by atoms with Gasteiger partial charge in [0.25, 0.3) is 15.9 Å². The number of hydrogen-bond donors (Lipinski definition) is 4. The van der Waals surface area contributed by atoms with Crippen LogP contribution in [0.15, 0.2) is 47.9 Å². The van der Waals surface area contributed by atoms with Crippen molar-refractivity contribution in [2.75, 3.05) is 6.54 Å². The van der Waals surface area contributed by atoms with Gasteiger partial charge in [0, 0.05) is 18.0 Å². The quantitative estimate of drug-likeness (QED) is 0.330. The summed E-state index contributed by atoms with van der Waals surface area (Å²) >= 11 is 0. The van der Waals surface area contributed by atoms with Crippen molar-refractivity contribution in [3.63, 3.8) is 0 Å². The molecule has 1 aliphatic heterocycles. The topological polar surface area (TPSA) is 154 Å². The van der Waals surface area contributed by atoms with E-state index in [1.165, 1.54) is 23.1 Å². The van der Waals surface area contributed by atoms with E-state index in [9.17, 15) is 27.6 Å². The van der Waals surface area contributed by atoms with Crippen LogP contribution in [0.25, 0.3) is 0 Å². The first-order chi connectivity index (χ1) is 19.7. The third-order valence-electron chi connectivity index (χ3n) is 8.97. The van der Waals surface area contributed by atoms with Crippen LogP contribution in [-0.2, 0) is 24.4 Å². The van der Waals surface area contributed by atoms with Crippen LogP contribution in [0.3, 0.4) is 0 Å². The molecule has 6 atom stereocenters. The van der Waals surface area contributed by atoms with Gasteiger partial charge in [-0.05, 0) is 62.0 Å². The predicted octanol–water partition coefficient (Wildman–Crippen LogP) is 2.55. The number of fused-ring (bicyclic) bond motifs is 1. The van der Waals surface area contributed by atoms with E-state index in [0.717, 1.165) is 0 Å². The lowest BCUT2D eigenvalue weighted by atomic mass is 9.85. The average molecular weight is 616 g/mol. The van der Waals surface area contributed by atoms with Gasteiger partial charge < -0.3 is 20.9 Å². The van der Waals surface area contributed by atoms with Crippen LogP contribution >= 0.6 is 0 Å². The minimum atomic E-state index is -4.18. The number of hydrogen-bond acceptors (Lipinski definition) is 6. The van der Waals surface area contributed by atoms with E-state index in [1.54, 1.807) is 18.2 Å². The number of rotatable bonds is 8. The van der Waals surface area contributed by atoms with Crippen molar-refractivity contribution in [3.05, 3.63) is 43.0 Å². The largest absolute Gasteiger partial charge is 0.339 e. The van der Waals surface area contributed by atoms with Gasteiger partial charge in [0.15, 0.2) is 0 Å². The highest BCUT2D eigenvalue weighted by atomic mass is 32.2. The summed E-state index contributed by atoms with van der Waals surface area (Å²) in [5.41, 5.74) is -2.92. The SMILES string of the molecule is C=C[C@@H]1C[C@]1(NC(=O)[C@@H]1C2C(CN1C(=O)[C@@H](NC(=O)NC(C)(C)C)C(C)(C)C)C2(C)C)C(=O)NS(=O)(=O)c1ccccc1. The fourth-order valence-electron chi connectivity index (χ4n) is 6.34. The molecule has 0 bridgehead atoms. The molecule has 0 spiro atoms. The number of carbonyl (C=O) groups excluding carboxylic acids is 4. The van der Waals surface area contributed by atoms with Gasteiger partial charge in [-0.25, -0.2) is 17.9 Å². The minimum Gasteiger partial charge on any atom is -0.339 e. The van der Waals surface area contributed by atoms with Crippen LogP contribution in [0.5, 0.6) is 0 Å². The summed E-state index contributed by atoms with van der Waals surface area (Å²) in [6.45, 7) is 19.2. The highest BCUT2D eigenvalue weighted by Gasteiger charge is 2.71. The van der Waals surface area contributed by atoms with Crippen LogP contribution in [0.4, 0.5) is 4.79 Å². The average Bonchev–Trinajstić information content (AvgIpc) is 3.63. The van der Waals surface area contributed by atoms with Gasteiger partial charge in [-0.2, -0.15) is 0 Å². The van der Waals surface area contributed by atoms with Crippen LogP contribution < -0.4 is 20.7 Å². The number of piperidine rings is 1. The van der Waals surface area contributed by atoms with Crippen molar-refractivity contribution < 1.29 is 27.6 Å². The van der Waals surface area contributed by atoms with E-state index >= 15 is 0 Å². The lowest BCUT2D eigenvalue weighted by Gasteiger charge is -2.38. The Kier molecular flexibility index (Phi) is 8.04. The standard InChI is InChI=1S/C31H45N5O6S/c1-10-18-16-31(18,26(39)35-43(41,42)19-14-12-11-13-15-19)33-24(37)22-21-20(30(21,8)9)17-36(22)25(38)23(28(2,3)4)32-27(40)34-29(5,6)7/h10-15,18,20-23H,1,16-17H2,2-9H3,(H,33,37)(H,35,39)(H2,32,34,40)/t18-,20?,21?,22+,23-,31-/m1/s1. The normalized spacial score (nSPS) is 28.1. The number of benzene rings is 1. The number of amides is 5. The zero-order valence-electron chi connectivity index (χ0n) is 26.3. The number of urea groups is 1. The molecule has 1 aromatic carbocycles. The summed E-state index contributed by atoms with van der Waals surface area (Å²) < 4.78 is 28.0. The molecule has 11 nitrogen and oxygen atoms in total. The Morgan fingerprint density at radius 2 is 1.65 bits per heavy atom. The first kappa shape index (κ1) is 32.5. The Hall–Kier alpha value is -3.41. The zero-order valence-corrected chi connectivity index (χ0v) is 27.1. The first-order valence-corrected chi connectivity index (χ1v) is 16.1. The number of nitrogens with one attached hydrogen (secondary N) is 4. The number of carbonyl (C=O) groups is 4. The maximum absolute atomic E-state index is 14.1. The number of nitrogens with zero attached hydrogens (tertiary/aromatic N) is 1. The molecular formula is C31H45N5O6S. The molecule has 2 unspecified atom stereocenters. The summed E-state index contributed by atoms with van der Waals surface area (Å²) in [7, 11) is -4.18. The summed E-state index contributed by atoms with van der Waals surface area (Å²) in [6.07, 6.45) is 1.69. The fraction of sp³-hybridized carbons (Fsp3) is 0.613. The predicted molar refractivity (Wildman–Crippen MR) is 162 cm³/mol. The Balaban J connectivity index is 1.58. The summed E-state index contributed by atoms with van der Waals surface area (Å²) in [5.74, 6) is -2.36. The molecular weight excluding hydrogens is 570 g/mol. The molecule has 4 N–H and O–H groups in total. The summed E-state index contributed by atoms with van der Waals surface area (Å²) in [6, 6.07) is 5.18. The van der Waals surface area contributed by atoms with Gasteiger partial charge in [0.1, 0.15) is 17.6 Å². The van der Waals surface area contributed by atoms with Gasteiger partial charge in [0.05, 0.1) is 4.90 Å². The Labute approximate surface area is 254 Å². The van der Waals surface area contributed by atoms with Crippen LogP contribution in [0.1, 0.15) is 61.8 Å². The number of likely N-dealkylation sites (tertiary alicyclic amines) is 1. The summed E-state index contributed by atoms with van der Waals surface area (Å²) in [5, 5.41) is 8.47. The zero-order chi connectivity index (χ0) is 32.3. The molecule has 1 saturated heterocycles. The molecule has 1 heterocycles. The van der Waals surface area contributed by atoms with E-state index in [-0.39, 0.29) is 34.5 Å². The van der Waals surface area contributed by atoms with Gasteiger partial charge >= 0.3 is 6.03 Å². The van der Waals surface area contributed by atoms with Crippen LogP contribution in [0.2, 0.25) is 0 Å². The lowest BCUT2D eigenvalue weighted by molar-refractivity contribution is -0.144. The molecule has 5 amide bonds. The highest BCUT2D eigenvalue weighted by Crippen LogP contribution is 2.65. The van der Waals surface area contributed by atoms with E-state index in [0.29, 0.717) is 6.54 Å². The van der Waals surface area contributed by atoms with Crippen molar-refractivity contribution in [3.8, 4) is 0 Å². The number of sulfonamides is 1. The second-order valence-corrected chi connectivity index (χ2v) is 16.5. The van der Waals surface area contributed by atoms with E-state index in [4.69, 9.17) is 0 Å². The maximum atomic E-state index is 14.1. The molecule has 0 aromatic heterocycles. The van der Waals surface area contributed by atoms with Crippen LogP contribution in [0, 0.1) is 28.6 Å². The minimum absolute atomic E-state index is 0.0638. The molecule has 3 fully saturated rings. The molecule has 4 rings (SSSR count). The monoisotopic (exact) mass is 615 g/mol. The molecule has 12 heteroatoms. The first-order valence-electron chi connectivity index (χ1n) is 14.6. The lowest BCUT2D eigenvalue weighted by Crippen LogP contribution is -2.62. The molecule has 0 radical (unpaired) electrons. The van der Waals surface area contributed by atoms with E-state index in [2.05, 4.69) is 27.3 Å². The van der Waals surface area contributed by atoms with E-state index in [1.807, 2.05) is 55.4 Å². The molecule has 1 aromatic rings. The van der Waals surface area contributed by atoms with Gasteiger partial charge in [-0.3, -0.25) is 14.4 Å². The second kappa shape index (κ2) is 10.6. The van der Waals surface area contributed by atoms with Crippen molar-refractivity contribution in [2.24, 2.45) is 28.6 Å². The van der Waals surface area contributed by atoms with Crippen molar-refractivity contribution in [1.82, 2.24) is 25.6 Å². The Bertz CT molecular complexity index is 1430.